The molecular weight excluding hydrogens is 204 g/mol. The molecule has 2 N–H and O–H groups in total. The van der Waals surface area contributed by atoms with Gasteiger partial charge < -0.3 is 15.4 Å². The van der Waals surface area contributed by atoms with E-state index < -0.39 is 0 Å². The lowest BCUT2D eigenvalue weighted by atomic mass is 10.4. The quantitative estimate of drug-likeness (QED) is 0.426. The van der Waals surface area contributed by atoms with E-state index in [0.29, 0.717) is 19.6 Å². The Balaban J connectivity index is 1.78. The Morgan fingerprint density at radius 1 is 1.50 bits per heavy atom. The maximum absolute atomic E-state index is 11.2. The largest absolute Gasteiger partial charge is 0.381 e. The normalized spacial score (nSPS) is 14.8. The van der Waals surface area contributed by atoms with Gasteiger partial charge in [-0.05, 0) is 25.2 Å². The van der Waals surface area contributed by atoms with E-state index in [1.807, 2.05) is 0 Å². The number of rotatable bonds is 10. The smallest absolute Gasteiger partial charge is 0.233 e. The molecule has 0 saturated heterocycles. The topological polar surface area (TPSA) is 50.4 Å². The minimum atomic E-state index is 0.0315. The van der Waals surface area contributed by atoms with Crippen LogP contribution in [0.2, 0.25) is 0 Å². The molecule has 1 aliphatic rings. The molecule has 92 valence electrons. The maximum Gasteiger partial charge on any atom is 0.233 e. The zero-order chi connectivity index (χ0) is 11.6. The third-order valence-corrected chi connectivity index (χ3v) is 2.41. The number of carbonyl (C=O) groups excluding carboxylic acids is 1. The van der Waals surface area contributed by atoms with Gasteiger partial charge in [-0.15, -0.1) is 6.58 Å². The molecule has 1 saturated carbocycles. The van der Waals surface area contributed by atoms with Gasteiger partial charge in [0.1, 0.15) is 0 Å². The molecule has 0 aliphatic heterocycles. The summed E-state index contributed by atoms with van der Waals surface area (Å²) in [4.78, 5) is 11.2. The van der Waals surface area contributed by atoms with Crippen molar-refractivity contribution in [2.24, 2.45) is 5.92 Å². The van der Waals surface area contributed by atoms with Gasteiger partial charge in [-0.3, -0.25) is 4.79 Å². The van der Waals surface area contributed by atoms with Crippen molar-refractivity contribution in [1.82, 2.24) is 10.6 Å². The van der Waals surface area contributed by atoms with Gasteiger partial charge in [-0.25, -0.2) is 0 Å². The number of nitrogens with one attached hydrogen (secondary N) is 2. The molecule has 1 amide bonds. The second-order valence-electron chi connectivity index (χ2n) is 4.14. The van der Waals surface area contributed by atoms with Crippen LogP contribution < -0.4 is 10.6 Å². The van der Waals surface area contributed by atoms with Gasteiger partial charge >= 0.3 is 0 Å². The van der Waals surface area contributed by atoms with Crippen molar-refractivity contribution in [3.63, 3.8) is 0 Å². The molecule has 1 aliphatic carbocycles. The zero-order valence-electron chi connectivity index (χ0n) is 9.84. The summed E-state index contributed by atoms with van der Waals surface area (Å²) in [7, 11) is 0. The predicted molar refractivity (Wildman–Crippen MR) is 64.2 cm³/mol. The fraction of sp³-hybridized carbons (Fsp3) is 0.750. The first kappa shape index (κ1) is 13.2. The zero-order valence-corrected chi connectivity index (χ0v) is 9.84. The van der Waals surface area contributed by atoms with Crippen molar-refractivity contribution in [3.05, 3.63) is 12.7 Å². The number of carbonyl (C=O) groups is 1. The minimum Gasteiger partial charge on any atom is -0.381 e. The van der Waals surface area contributed by atoms with Gasteiger partial charge in [-0.2, -0.15) is 0 Å². The summed E-state index contributed by atoms with van der Waals surface area (Å²) < 4.78 is 5.46. The summed E-state index contributed by atoms with van der Waals surface area (Å²) in [5.41, 5.74) is 0. The molecule has 0 heterocycles. The van der Waals surface area contributed by atoms with E-state index in [0.717, 1.165) is 25.6 Å². The Morgan fingerprint density at radius 2 is 2.31 bits per heavy atom. The Labute approximate surface area is 97.4 Å². The van der Waals surface area contributed by atoms with Crippen LogP contribution in [0.3, 0.4) is 0 Å². The molecule has 0 bridgehead atoms. The first-order valence-corrected chi connectivity index (χ1v) is 5.99. The van der Waals surface area contributed by atoms with Crippen LogP contribution in [0.25, 0.3) is 0 Å². The number of ether oxygens (including phenoxy) is 1. The third-order valence-electron chi connectivity index (χ3n) is 2.41. The molecule has 0 atom stereocenters. The van der Waals surface area contributed by atoms with Crippen molar-refractivity contribution in [3.8, 4) is 0 Å². The minimum absolute atomic E-state index is 0.0315. The lowest BCUT2D eigenvalue weighted by Crippen LogP contribution is -2.34. The summed E-state index contributed by atoms with van der Waals surface area (Å²) in [5.74, 6) is 0.849. The van der Waals surface area contributed by atoms with Crippen LogP contribution in [0.5, 0.6) is 0 Å². The lowest BCUT2D eigenvalue weighted by molar-refractivity contribution is -0.120. The molecule has 0 aromatic heterocycles. The highest BCUT2D eigenvalue weighted by molar-refractivity contribution is 5.77. The van der Waals surface area contributed by atoms with Crippen molar-refractivity contribution in [1.29, 1.82) is 0 Å². The van der Waals surface area contributed by atoms with E-state index in [-0.39, 0.29) is 5.91 Å². The Morgan fingerprint density at radius 3 is 3.00 bits per heavy atom. The molecule has 16 heavy (non-hydrogen) atoms. The third kappa shape index (κ3) is 7.43. The van der Waals surface area contributed by atoms with Crippen molar-refractivity contribution in [2.45, 2.75) is 19.3 Å². The average Bonchev–Trinajstić information content (AvgIpc) is 3.07. The number of hydrogen-bond acceptors (Lipinski definition) is 3. The maximum atomic E-state index is 11.2. The molecule has 0 spiro atoms. The molecule has 4 heteroatoms. The Hall–Kier alpha value is -0.870. The van der Waals surface area contributed by atoms with E-state index in [9.17, 15) is 4.79 Å². The fourth-order valence-corrected chi connectivity index (χ4v) is 1.29. The molecule has 4 nitrogen and oxygen atoms in total. The second kappa shape index (κ2) is 8.30. The Kier molecular flexibility index (Phi) is 6.85. The summed E-state index contributed by atoms with van der Waals surface area (Å²) >= 11 is 0. The first-order chi connectivity index (χ1) is 7.83. The van der Waals surface area contributed by atoms with E-state index in [1.165, 1.54) is 12.8 Å². The molecule has 0 unspecified atom stereocenters. The summed E-state index contributed by atoms with van der Waals surface area (Å²) in [5, 5.41) is 5.78. The van der Waals surface area contributed by atoms with E-state index in [1.54, 1.807) is 6.08 Å². The van der Waals surface area contributed by atoms with E-state index in [4.69, 9.17) is 4.74 Å². The second-order valence-corrected chi connectivity index (χ2v) is 4.14. The molecule has 0 aromatic carbocycles. The SMILES string of the molecule is C=CCNCC(=O)NCCCOCC1CC1. The summed E-state index contributed by atoms with van der Waals surface area (Å²) in [6.07, 6.45) is 5.27. The van der Waals surface area contributed by atoms with Crippen molar-refractivity contribution < 1.29 is 9.53 Å². The van der Waals surface area contributed by atoms with Crippen LogP contribution in [-0.4, -0.2) is 38.8 Å². The van der Waals surface area contributed by atoms with Crippen LogP contribution in [0, 0.1) is 5.92 Å². The standard InChI is InChI=1S/C12H22N2O2/c1-2-6-13-9-12(15)14-7-3-8-16-10-11-4-5-11/h2,11,13H,1,3-10H2,(H,14,15). The van der Waals surface area contributed by atoms with Gasteiger partial charge in [0.15, 0.2) is 0 Å². The van der Waals surface area contributed by atoms with E-state index in [2.05, 4.69) is 17.2 Å². The molecule has 0 aromatic rings. The highest BCUT2D eigenvalue weighted by Gasteiger charge is 2.20. The lowest BCUT2D eigenvalue weighted by Gasteiger charge is -2.06. The van der Waals surface area contributed by atoms with Crippen LogP contribution in [0.15, 0.2) is 12.7 Å². The molecule has 1 rings (SSSR count). The number of hydrogen-bond donors (Lipinski definition) is 2. The van der Waals surface area contributed by atoms with Gasteiger partial charge in [-0.1, -0.05) is 6.08 Å². The summed E-state index contributed by atoms with van der Waals surface area (Å²) in [6, 6.07) is 0. The first-order valence-electron chi connectivity index (χ1n) is 5.99. The monoisotopic (exact) mass is 226 g/mol. The highest BCUT2D eigenvalue weighted by atomic mass is 16.5. The average molecular weight is 226 g/mol. The van der Waals surface area contributed by atoms with Crippen LogP contribution in [0.4, 0.5) is 0 Å². The molecular formula is C12H22N2O2. The van der Waals surface area contributed by atoms with Crippen molar-refractivity contribution in [2.75, 3.05) is 32.8 Å². The van der Waals surface area contributed by atoms with Gasteiger partial charge in [0.25, 0.3) is 0 Å². The Bertz CT molecular complexity index is 215. The van der Waals surface area contributed by atoms with Crippen LogP contribution >= 0.6 is 0 Å². The van der Waals surface area contributed by atoms with Gasteiger partial charge in [0.05, 0.1) is 6.54 Å². The molecule has 1 fully saturated rings. The number of amides is 1. The van der Waals surface area contributed by atoms with Crippen LogP contribution in [0.1, 0.15) is 19.3 Å². The van der Waals surface area contributed by atoms with Gasteiger partial charge in [0.2, 0.25) is 5.91 Å². The fourth-order valence-electron chi connectivity index (χ4n) is 1.29. The molecule has 0 radical (unpaired) electrons. The summed E-state index contributed by atoms with van der Waals surface area (Å²) in [6.45, 7) is 6.92. The van der Waals surface area contributed by atoms with E-state index >= 15 is 0 Å². The van der Waals surface area contributed by atoms with Gasteiger partial charge in [0, 0.05) is 26.3 Å². The highest BCUT2D eigenvalue weighted by Crippen LogP contribution is 2.28. The predicted octanol–water partition coefficient (Wildman–Crippen LogP) is 0.695. The van der Waals surface area contributed by atoms with Crippen molar-refractivity contribution >= 4 is 5.91 Å². The van der Waals surface area contributed by atoms with Crippen LogP contribution in [-0.2, 0) is 9.53 Å².